The summed E-state index contributed by atoms with van der Waals surface area (Å²) in [5.41, 5.74) is 5.97. The first-order chi connectivity index (χ1) is 8.61. The molecule has 1 aromatic heterocycles. The van der Waals surface area contributed by atoms with E-state index in [1.54, 1.807) is 0 Å². The van der Waals surface area contributed by atoms with Gasteiger partial charge in [0, 0.05) is 28.0 Å². The summed E-state index contributed by atoms with van der Waals surface area (Å²) in [5, 5.41) is 10.7. The third-order valence-electron chi connectivity index (χ3n) is 3.18. The number of anilines is 1. The van der Waals surface area contributed by atoms with Crippen molar-refractivity contribution in [1.82, 2.24) is 10.2 Å². The van der Waals surface area contributed by atoms with Crippen LogP contribution in [0.3, 0.4) is 0 Å². The van der Waals surface area contributed by atoms with Gasteiger partial charge in [-0.2, -0.15) is 5.10 Å². The van der Waals surface area contributed by atoms with Crippen LogP contribution in [0.25, 0.3) is 0 Å². The van der Waals surface area contributed by atoms with Gasteiger partial charge in [-0.05, 0) is 44.0 Å². The second-order valence-electron chi connectivity index (χ2n) is 4.42. The van der Waals surface area contributed by atoms with Gasteiger partial charge in [-0.15, -0.1) is 0 Å². The van der Waals surface area contributed by atoms with Crippen LogP contribution in [0.2, 0.25) is 0 Å². The average Bonchev–Trinajstić information content (AvgIpc) is 2.68. The lowest BCUT2D eigenvalue weighted by atomic mass is 10.1. The van der Waals surface area contributed by atoms with Gasteiger partial charge < -0.3 is 5.32 Å². The Hall–Kier alpha value is -1.29. The first-order valence-corrected chi connectivity index (χ1v) is 6.93. The van der Waals surface area contributed by atoms with E-state index in [2.05, 4.69) is 63.5 Å². The Labute approximate surface area is 116 Å². The highest BCUT2D eigenvalue weighted by atomic mass is 79.9. The third-order valence-corrected chi connectivity index (χ3v) is 3.68. The van der Waals surface area contributed by atoms with Crippen molar-refractivity contribution in [1.29, 1.82) is 0 Å². The molecule has 0 spiro atoms. The molecule has 18 heavy (non-hydrogen) atoms. The van der Waals surface area contributed by atoms with Gasteiger partial charge in [0.25, 0.3) is 0 Å². The van der Waals surface area contributed by atoms with Crippen molar-refractivity contribution in [3.8, 4) is 0 Å². The maximum Gasteiger partial charge on any atom is 0.0643 e. The van der Waals surface area contributed by atoms with Crippen LogP contribution in [0.4, 0.5) is 5.69 Å². The van der Waals surface area contributed by atoms with E-state index in [0.717, 1.165) is 28.8 Å². The van der Waals surface area contributed by atoms with E-state index in [-0.39, 0.29) is 0 Å². The fraction of sp³-hybridized carbons (Fsp3) is 0.357. The van der Waals surface area contributed by atoms with E-state index in [9.17, 15) is 0 Å². The molecule has 2 rings (SSSR count). The molecule has 0 radical (unpaired) electrons. The predicted molar refractivity (Wildman–Crippen MR) is 78.9 cm³/mol. The molecule has 0 bridgehead atoms. The normalized spacial score (nSPS) is 10.7. The molecule has 0 saturated heterocycles. The van der Waals surface area contributed by atoms with Crippen LogP contribution in [0.5, 0.6) is 0 Å². The number of aryl methyl sites for hydroxylation is 3. The highest BCUT2D eigenvalue weighted by Crippen LogP contribution is 2.22. The molecule has 0 atom stereocenters. The number of benzene rings is 1. The van der Waals surface area contributed by atoms with E-state index in [4.69, 9.17) is 0 Å². The lowest BCUT2D eigenvalue weighted by Crippen LogP contribution is -2.03. The Morgan fingerprint density at radius 3 is 2.72 bits per heavy atom. The molecular formula is C14H18BrN3. The fourth-order valence-electron chi connectivity index (χ4n) is 2.05. The Balaban J connectivity index is 2.15. The van der Waals surface area contributed by atoms with Gasteiger partial charge in [0.2, 0.25) is 0 Å². The molecule has 2 aromatic rings. The van der Waals surface area contributed by atoms with Gasteiger partial charge in [-0.1, -0.05) is 22.9 Å². The molecule has 0 aliphatic heterocycles. The van der Waals surface area contributed by atoms with Crippen LogP contribution < -0.4 is 5.32 Å². The molecular weight excluding hydrogens is 290 g/mol. The lowest BCUT2D eigenvalue weighted by Gasteiger charge is -2.11. The van der Waals surface area contributed by atoms with Gasteiger partial charge in [0.15, 0.2) is 0 Å². The van der Waals surface area contributed by atoms with Crippen molar-refractivity contribution in [3.05, 3.63) is 45.2 Å². The number of rotatable bonds is 4. The minimum Gasteiger partial charge on any atom is -0.381 e. The molecule has 3 nitrogen and oxygen atoms in total. The standard InChI is InChI=1S/C14H18BrN3/c1-4-11-7-12(15)5-6-14(11)16-8-13-9(2)17-18-10(13)3/h5-7,16H,4,8H2,1-3H3,(H,17,18). The molecule has 0 aliphatic rings. The zero-order valence-corrected chi connectivity index (χ0v) is 12.6. The summed E-state index contributed by atoms with van der Waals surface area (Å²) < 4.78 is 1.13. The highest BCUT2D eigenvalue weighted by Gasteiger charge is 2.07. The van der Waals surface area contributed by atoms with Crippen molar-refractivity contribution in [2.45, 2.75) is 33.7 Å². The number of hydrogen-bond acceptors (Lipinski definition) is 2. The maximum absolute atomic E-state index is 4.21. The van der Waals surface area contributed by atoms with Crippen LogP contribution in [-0.2, 0) is 13.0 Å². The average molecular weight is 308 g/mol. The molecule has 0 fully saturated rings. The van der Waals surface area contributed by atoms with Crippen LogP contribution in [0.15, 0.2) is 22.7 Å². The van der Waals surface area contributed by atoms with Gasteiger partial charge in [0.1, 0.15) is 0 Å². The second-order valence-corrected chi connectivity index (χ2v) is 5.34. The highest BCUT2D eigenvalue weighted by molar-refractivity contribution is 9.10. The minimum atomic E-state index is 0.808. The Bertz CT molecular complexity index is 526. The van der Waals surface area contributed by atoms with Gasteiger partial charge in [0.05, 0.1) is 5.69 Å². The summed E-state index contributed by atoms with van der Waals surface area (Å²) in [4.78, 5) is 0. The summed E-state index contributed by atoms with van der Waals surface area (Å²) in [6, 6.07) is 6.35. The summed E-state index contributed by atoms with van der Waals surface area (Å²) in [7, 11) is 0. The van der Waals surface area contributed by atoms with Crippen molar-refractivity contribution in [3.63, 3.8) is 0 Å². The van der Waals surface area contributed by atoms with E-state index in [0.29, 0.717) is 0 Å². The molecule has 2 N–H and O–H groups in total. The van der Waals surface area contributed by atoms with Crippen LogP contribution in [0.1, 0.15) is 29.4 Å². The predicted octanol–water partition coefficient (Wildman–Crippen LogP) is 3.96. The van der Waals surface area contributed by atoms with Gasteiger partial charge >= 0.3 is 0 Å². The van der Waals surface area contributed by atoms with Crippen molar-refractivity contribution in [2.75, 3.05) is 5.32 Å². The van der Waals surface area contributed by atoms with E-state index in [1.165, 1.54) is 16.8 Å². The summed E-state index contributed by atoms with van der Waals surface area (Å²) in [6.45, 7) is 7.06. The Morgan fingerprint density at radius 1 is 1.33 bits per heavy atom. The number of aromatic amines is 1. The zero-order valence-electron chi connectivity index (χ0n) is 11.0. The van der Waals surface area contributed by atoms with Gasteiger partial charge in [-0.3, -0.25) is 5.10 Å². The molecule has 1 aromatic carbocycles. The molecule has 0 amide bonds. The SMILES string of the molecule is CCc1cc(Br)ccc1NCc1c(C)n[nH]c1C. The first-order valence-electron chi connectivity index (χ1n) is 6.14. The number of halogens is 1. The largest absolute Gasteiger partial charge is 0.381 e. The fourth-order valence-corrected chi connectivity index (χ4v) is 2.45. The number of nitrogens with one attached hydrogen (secondary N) is 2. The van der Waals surface area contributed by atoms with E-state index >= 15 is 0 Å². The first kappa shape index (κ1) is 13.1. The van der Waals surface area contributed by atoms with Crippen molar-refractivity contribution < 1.29 is 0 Å². The van der Waals surface area contributed by atoms with Crippen LogP contribution >= 0.6 is 15.9 Å². The second kappa shape index (κ2) is 5.57. The maximum atomic E-state index is 4.21. The Kier molecular flexibility index (Phi) is 4.07. The zero-order chi connectivity index (χ0) is 13.1. The van der Waals surface area contributed by atoms with E-state index in [1.807, 2.05) is 6.92 Å². The summed E-state index contributed by atoms with van der Waals surface area (Å²) in [6.07, 6.45) is 1.02. The number of nitrogens with zero attached hydrogens (tertiary/aromatic N) is 1. The third kappa shape index (κ3) is 2.75. The molecule has 1 heterocycles. The minimum absolute atomic E-state index is 0.808. The van der Waals surface area contributed by atoms with Crippen molar-refractivity contribution >= 4 is 21.6 Å². The van der Waals surface area contributed by atoms with Gasteiger partial charge in [-0.25, -0.2) is 0 Å². The number of aromatic nitrogens is 2. The number of H-pyrrole nitrogens is 1. The van der Waals surface area contributed by atoms with Crippen LogP contribution in [-0.4, -0.2) is 10.2 Å². The van der Waals surface area contributed by atoms with E-state index < -0.39 is 0 Å². The molecule has 96 valence electrons. The summed E-state index contributed by atoms with van der Waals surface area (Å²) >= 11 is 3.51. The summed E-state index contributed by atoms with van der Waals surface area (Å²) in [5.74, 6) is 0. The smallest absolute Gasteiger partial charge is 0.0643 e. The Morgan fingerprint density at radius 2 is 2.11 bits per heavy atom. The lowest BCUT2D eigenvalue weighted by molar-refractivity contribution is 1.02. The monoisotopic (exact) mass is 307 g/mol. The molecule has 0 saturated carbocycles. The molecule has 0 aliphatic carbocycles. The number of hydrogen-bond donors (Lipinski definition) is 2. The molecule has 4 heteroatoms. The topological polar surface area (TPSA) is 40.7 Å². The van der Waals surface area contributed by atoms with Crippen molar-refractivity contribution in [2.24, 2.45) is 0 Å². The molecule has 0 unspecified atom stereocenters. The van der Waals surface area contributed by atoms with Crippen LogP contribution in [0, 0.1) is 13.8 Å². The quantitative estimate of drug-likeness (QED) is 0.897.